The Hall–Kier alpha value is -3.67. The van der Waals surface area contributed by atoms with Crippen molar-refractivity contribution in [3.63, 3.8) is 0 Å². The number of benzene rings is 3. The van der Waals surface area contributed by atoms with E-state index >= 15 is 0 Å². The van der Waals surface area contributed by atoms with Crippen molar-refractivity contribution in [1.82, 2.24) is 5.32 Å². The molecule has 0 heterocycles. The molecule has 0 saturated heterocycles. The zero-order valence-electron chi connectivity index (χ0n) is 16.7. The number of rotatable bonds is 8. The Bertz CT molecular complexity index is 1020. The molecule has 2 amide bonds. The fourth-order valence-corrected chi connectivity index (χ4v) is 2.95. The van der Waals surface area contributed by atoms with Crippen molar-refractivity contribution in [2.45, 2.75) is 13.3 Å². The molecule has 6 heteroatoms. The molecule has 5 nitrogen and oxygen atoms in total. The van der Waals surface area contributed by atoms with Gasteiger partial charge in [0.15, 0.2) is 0 Å². The second-order valence-corrected chi connectivity index (χ2v) is 6.90. The van der Waals surface area contributed by atoms with Crippen LogP contribution in [0.4, 0.5) is 15.8 Å². The molecule has 0 aliphatic heterocycles. The first-order chi connectivity index (χ1) is 14.5. The lowest BCUT2D eigenvalue weighted by molar-refractivity contribution is -0.114. The van der Waals surface area contributed by atoms with Gasteiger partial charge < -0.3 is 16.0 Å². The molecular weight excluding hydrogens is 381 g/mol. The monoisotopic (exact) mass is 405 g/mol. The molecule has 0 saturated carbocycles. The van der Waals surface area contributed by atoms with Gasteiger partial charge in [-0.1, -0.05) is 48.5 Å². The van der Waals surface area contributed by atoms with Crippen molar-refractivity contribution in [3.8, 4) is 0 Å². The van der Waals surface area contributed by atoms with Crippen molar-refractivity contribution in [3.05, 3.63) is 95.3 Å². The van der Waals surface area contributed by atoms with E-state index < -0.39 is 0 Å². The molecule has 3 N–H and O–H groups in total. The Labute approximate surface area is 175 Å². The maximum atomic E-state index is 13.6. The minimum atomic E-state index is -0.377. The van der Waals surface area contributed by atoms with Gasteiger partial charge in [-0.05, 0) is 48.7 Å². The molecule has 30 heavy (non-hydrogen) atoms. The summed E-state index contributed by atoms with van der Waals surface area (Å²) in [5.41, 5.74) is 3.06. The number of hydrogen-bond acceptors (Lipinski definition) is 3. The predicted molar refractivity (Wildman–Crippen MR) is 117 cm³/mol. The third-order valence-electron chi connectivity index (χ3n) is 4.61. The summed E-state index contributed by atoms with van der Waals surface area (Å²) in [6.45, 7) is 2.12. The highest BCUT2D eigenvalue weighted by molar-refractivity contribution is 6.00. The number of hydrogen-bond donors (Lipinski definition) is 3. The van der Waals surface area contributed by atoms with Crippen LogP contribution in [0.1, 0.15) is 21.5 Å². The first-order valence-corrected chi connectivity index (χ1v) is 9.74. The van der Waals surface area contributed by atoms with Crippen LogP contribution in [0, 0.1) is 12.7 Å². The van der Waals surface area contributed by atoms with E-state index in [0.29, 0.717) is 29.0 Å². The molecule has 0 aliphatic carbocycles. The van der Waals surface area contributed by atoms with Crippen LogP contribution in [0.5, 0.6) is 0 Å². The van der Waals surface area contributed by atoms with Gasteiger partial charge in [0, 0.05) is 17.9 Å². The van der Waals surface area contributed by atoms with Crippen molar-refractivity contribution in [1.29, 1.82) is 0 Å². The number of para-hydroxylation sites is 1. The summed E-state index contributed by atoms with van der Waals surface area (Å²) in [5.74, 6) is -0.925. The Kier molecular flexibility index (Phi) is 7.16. The van der Waals surface area contributed by atoms with Gasteiger partial charge >= 0.3 is 0 Å². The van der Waals surface area contributed by atoms with Gasteiger partial charge in [0.05, 0.1) is 12.1 Å². The summed E-state index contributed by atoms with van der Waals surface area (Å²) < 4.78 is 13.6. The van der Waals surface area contributed by atoms with E-state index in [0.717, 1.165) is 12.0 Å². The number of nitrogens with one attached hydrogen (secondary N) is 3. The summed E-state index contributed by atoms with van der Waals surface area (Å²) in [6, 6.07) is 21.4. The van der Waals surface area contributed by atoms with E-state index in [-0.39, 0.29) is 24.2 Å². The van der Waals surface area contributed by atoms with Crippen molar-refractivity contribution < 1.29 is 14.0 Å². The highest BCUT2D eigenvalue weighted by Crippen LogP contribution is 2.16. The smallest absolute Gasteiger partial charge is 0.253 e. The Morgan fingerprint density at radius 1 is 0.933 bits per heavy atom. The molecule has 3 aromatic rings. The normalized spacial score (nSPS) is 10.3. The van der Waals surface area contributed by atoms with E-state index in [2.05, 4.69) is 16.0 Å². The van der Waals surface area contributed by atoms with Crippen LogP contribution in [0.15, 0.2) is 72.8 Å². The standard InChI is InChI=1S/C24H24FN3O2/c1-17-11-12-19(15-21(17)25)28-23(29)16-27-22-10-6-5-9-20(22)24(30)26-14-13-18-7-3-2-4-8-18/h2-12,15,27H,13-14,16H2,1H3,(H,26,30)(H,28,29). The third-order valence-corrected chi connectivity index (χ3v) is 4.61. The maximum Gasteiger partial charge on any atom is 0.253 e. The van der Waals surface area contributed by atoms with Gasteiger partial charge in [-0.15, -0.1) is 0 Å². The zero-order chi connectivity index (χ0) is 21.3. The molecule has 3 aromatic carbocycles. The highest BCUT2D eigenvalue weighted by Gasteiger charge is 2.12. The first kappa shape index (κ1) is 21.0. The Morgan fingerprint density at radius 3 is 2.43 bits per heavy atom. The van der Waals surface area contributed by atoms with E-state index in [1.807, 2.05) is 30.3 Å². The molecular formula is C24H24FN3O2. The molecule has 0 fully saturated rings. The van der Waals surface area contributed by atoms with Gasteiger partial charge in [0.2, 0.25) is 5.91 Å². The summed E-state index contributed by atoms with van der Waals surface area (Å²) in [4.78, 5) is 24.8. The van der Waals surface area contributed by atoms with E-state index in [1.54, 1.807) is 43.3 Å². The number of anilines is 2. The average Bonchev–Trinajstić information content (AvgIpc) is 2.76. The Balaban J connectivity index is 1.54. The van der Waals surface area contributed by atoms with Gasteiger partial charge in [-0.3, -0.25) is 9.59 Å². The van der Waals surface area contributed by atoms with Crippen LogP contribution in [0.2, 0.25) is 0 Å². The van der Waals surface area contributed by atoms with Crippen LogP contribution in [-0.4, -0.2) is 24.9 Å². The zero-order valence-corrected chi connectivity index (χ0v) is 16.7. The SMILES string of the molecule is Cc1ccc(NC(=O)CNc2ccccc2C(=O)NCCc2ccccc2)cc1F. The molecule has 0 aliphatic rings. The average molecular weight is 405 g/mol. The molecule has 0 unspecified atom stereocenters. The largest absolute Gasteiger partial charge is 0.376 e. The van der Waals surface area contributed by atoms with E-state index in [9.17, 15) is 14.0 Å². The lowest BCUT2D eigenvalue weighted by Gasteiger charge is -2.13. The fraction of sp³-hybridized carbons (Fsp3) is 0.167. The van der Waals surface area contributed by atoms with Crippen LogP contribution >= 0.6 is 0 Å². The minimum absolute atomic E-state index is 0.0518. The molecule has 0 bridgehead atoms. The van der Waals surface area contributed by atoms with E-state index in [4.69, 9.17) is 0 Å². The highest BCUT2D eigenvalue weighted by atomic mass is 19.1. The number of carbonyl (C=O) groups excluding carboxylic acids is 2. The van der Waals surface area contributed by atoms with Crippen LogP contribution in [-0.2, 0) is 11.2 Å². The Morgan fingerprint density at radius 2 is 1.67 bits per heavy atom. The number of amides is 2. The third kappa shape index (κ3) is 5.91. The van der Waals surface area contributed by atoms with Gasteiger partial charge in [-0.25, -0.2) is 4.39 Å². The second kappa shape index (κ2) is 10.2. The van der Waals surface area contributed by atoms with Crippen LogP contribution in [0.3, 0.4) is 0 Å². The van der Waals surface area contributed by atoms with Crippen LogP contribution < -0.4 is 16.0 Å². The molecule has 0 radical (unpaired) electrons. The number of carbonyl (C=O) groups is 2. The van der Waals surface area contributed by atoms with Crippen LogP contribution in [0.25, 0.3) is 0 Å². The van der Waals surface area contributed by atoms with Crippen molar-refractivity contribution in [2.24, 2.45) is 0 Å². The molecule has 0 aromatic heterocycles. The fourth-order valence-electron chi connectivity index (χ4n) is 2.95. The van der Waals surface area contributed by atoms with E-state index in [1.165, 1.54) is 6.07 Å². The lowest BCUT2D eigenvalue weighted by atomic mass is 10.1. The molecule has 154 valence electrons. The summed E-state index contributed by atoms with van der Waals surface area (Å²) in [5, 5.41) is 8.53. The maximum absolute atomic E-state index is 13.6. The summed E-state index contributed by atoms with van der Waals surface area (Å²) >= 11 is 0. The summed E-state index contributed by atoms with van der Waals surface area (Å²) in [6.07, 6.45) is 0.734. The second-order valence-electron chi connectivity index (χ2n) is 6.90. The first-order valence-electron chi connectivity index (χ1n) is 9.74. The minimum Gasteiger partial charge on any atom is -0.376 e. The van der Waals surface area contributed by atoms with Gasteiger partial charge in [-0.2, -0.15) is 0 Å². The lowest BCUT2D eigenvalue weighted by Crippen LogP contribution is -2.28. The molecule has 0 atom stereocenters. The van der Waals surface area contributed by atoms with Gasteiger partial charge in [0.1, 0.15) is 5.82 Å². The summed E-state index contributed by atoms with van der Waals surface area (Å²) in [7, 11) is 0. The number of halogens is 1. The quantitative estimate of drug-likeness (QED) is 0.527. The molecule has 3 rings (SSSR count). The topological polar surface area (TPSA) is 70.2 Å². The predicted octanol–water partition coefficient (Wildman–Crippen LogP) is 4.16. The number of aryl methyl sites for hydroxylation is 1. The van der Waals surface area contributed by atoms with Gasteiger partial charge in [0.25, 0.3) is 5.91 Å². The van der Waals surface area contributed by atoms with Crippen molar-refractivity contribution >= 4 is 23.2 Å². The van der Waals surface area contributed by atoms with Crippen molar-refractivity contribution in [2.75, 3.05) is 23.7 Å². The molecule has 0 spiro atoms.